The zero-order valence-corrected chi connectivity index (χ0v) is 59.8. The maximum absolute atomic E-state index is 18.7. The van der Waals surface area contributed by atoms with E-state index in [1.165, 1.54) is 11.0 Å². The lowest BCUT2D eigenvalue weighted by Gasteiger charge is -2.47. The van der Waals surface area contributed by atoms with Crippen LogP contribution in [-0.4, -0.2) is 13.4 Å². The molecule has 0 N–H and O–H groups in total. The molecule has 16 aromatic rings. The molecule has 4 aliphatic heterocycles. The van der Waals surface area contributed by atoms with E-state index in [1.54, 1.807) is 0 Å². The lowest BCUT2D eigenvalue weighted by atomic mass is 9.30. The Hall–Kier alpha value is -13.4. The summed E-state index contributed by atoms with van der Waals surface area (Å²) in [7, 11) is 0. The quantitative estimate of drug-likeness (QED) is 0.0839. The molecule has 0 aromatic heterocycles. The number of halogens is 5. The SMILES string of the molecule is Fc1cccc(F)c1N1c2cc(N(c3ccccc3)c3c(-c4ccccc4)cccc3-c3ccccc3)cc3c2B(c2ccccc2N3c2c(-c3ccccc3)cccc2-c2ccccc2)c2cc3c(c(C(F)(F)F)c21)Sc1cc(N(c2ccccc2)c2ccccc2)cc2c1B3c1ccccc1N2c1ccccc1. The Morgan fingerprint density at radius 3 is 1.15 bits per heavy atom. The molecule has 0 bridgehead atoms. The summed E-state index contributed by atoms with van der Waals surface area (Å²) in [5.74, 6) is -2.10. The van der Waals surface area contributed by atoms with Crippen molar-refractivity contribution in [1.82, 2.24) is 0 Å². The molecule has 4 heterocycles. The minimum atomic E-state index is -5.20. The average Bonchev–Trinajstić information content (AvgIpc) is 0.675. The second kappa shape index (κ2) is 26.8. The van der Waals surface area contributed by atoms with Crippen LogP contribution in [-0.2, 0) is 6.18 Å². The molecule has 110 heavy (non-hydrogen) atoms. The number of rotatable bonds is 13. The summed E-state index contributed by atoms with van der Waals surface area (Å²) in [4.78, 5) is 10.6. The van der Waals surface area contributed by atoms with Crippen molar-refractivity contribution in [2.75, 3.05) is 24.5 Å². The number of anilines is 15. The van der Waals surface area contributed by atoms with Crippen molar-refractivity contribution in [3.8, 4) is 44.5 Å². The van der Waals surface area contributed by atoms with Gasteiger partial charge in [0.2, 0.25) is 6.71 Å². The molecule has 4 aliphatic rings. The van der Waals surface area contributed by atoms with Crippen LogP contribution in [0.1, 0.15) is 5.56 Å². The zero-order valence-electron chi connectivity index (χ0n) is 59.0. The summed E-state index contributed by atoms with van der Waals surface area (Å²) in [6, 6.07) is 123. The summed E-state index contributed by atoms with van der Waals surface area (Å²) < 4.78 is 93.1. The Balaban J connectivity index is 0.946. The van der Waals surface area contributed by atoms with Crippen molar-refractivity contribution in [2.24, 2.45) is 0 Å². The molecule has 20 rings (SSSR count). The van der Waals surface area contributed by atoms with Gasteiger partial charge < -0.3 is 24.5 Å². The van der Waals surface area contributed by atoms with Crippen LogP contribution in [0.3, 0.4) is 0 Å². The van der Waals surface area contributed by atoms with E-state index in [0.717, 1.165) is 119 Å². The minimum absolute atomic E-state index is 0.0717. The van der Waals surface area contributed by atoms with Crippen LogP contribution in [0.15, 0.2) is 386 Å². The lowest BCUT2D eigenvalue weighted by Crippen LogP contribution is -2.65. The van der Waals surface area contributed by atoms with Gasteiger partial charge in [0.15, 0.2) is 0 Å². The van der Waals surface area contributed by atoms with E-state index in [4.69, 9.17) is 0 Å². The topological polar surface area (TPSA) is 16.2 Å². The van der Waals surface area contributed by atoms with Crippen LogP contribution in [0.25, 0.3) is 44.5 Å². The van der Waals surface area contributed by atoms with E-state index >= 15 is 22.0 Å². The van der Waals surface area contributed by atoms with E-state index in [2.05, 4.69) is 135 Å². The molecular weight excluding hydrogens is 1380 g/mol. The van der Waals surface area contributed by atoms with E-state index in [9.17, 15) is 0 Å². The van der Waals surface area contributed by atoms with Gasteiger partial charge in [0.1, 0.15) is 17.3 Å². The fourth-order valence-corrected chi connectivity index (χ4v) is 18.7. The Labute approximate surface area is 639 Å². The molecule has 0 spiro atoms. The van der Waals surface area contributed by atoms with Crippen LogP contribution in [0.5, 0.6) is 0 Å². The summed E-state index contributed by atoms with van der Waals surface area (Å²) in [6.07, 6.45) is -5.20. The maximum Gasteiger partial charge on any atom is 0.419 e. The molecule has 0 unspecified atom stereocenters. The van der Waals surface area contributed by atoms with Crippen LogP contribution in [0.2, 0.25) is 0 Å². The Morgan fingerprint density at radius 1 is 0.282 bits per heavy atom. The standard InChI is InChI=1S/C97H62B2F5N5S/c100-81-54-31-55-82(101)95(81)109-86-59-71(106(69-44-21-7-22-45-69)92-73(63-32-9-1-10-33-63)48-29-49-74(92)64-34-11-2-12-35-64)58-85-90(86)98(78-53-26-28-57-84(78)108(85)93-75(65-36-13-3-14-37-65)50-30-51-76(93)66-38-15-4-16-39-66)79-62-80-96(89(94(79)109)97(102,103)104)110-88-61-72(105(67-40-17-5-18-41-67)68-42-19-6-20-43-68)60-87-91(88)99(80)77-52-25-27-56-83(77)107(87)70-46-23-8-24-47-70/h1-62H. The zero-order chi connectivity index (χ0) is 73.7. The van der Waals surface area contributed by atoms with Gasteiger partial charge in [0.25, 0.3) is 6.71 Å². The summed E-state index contributed by atoms with van der Waals surface area (Å²) >= 11 is 1.06. The average molecular weight is 1450 g/mol. The summed E-state index contributed by atoms with van der Waals surface area (Å²) in [6.45, 7) is -1.82. The van der Waals surface area contributed by atoms with Crippen molar-refractivity contribution in [2.45, 2.75) is 16.0 Å². The number of alkyl halides is 3. The second-order valence-corrected chi connectivity index (χ2v) is 29.0. The lowest BCUT2D eigenvalue weighted by molar-refractivity contribution is -0.139. The fourth-order valence-electron chi connectivity index (χ4n) is 17.3. The van der Waals surface area contributed by atoms with Crippen LogP contribution < -0.4 is 57.3 Å². The number of fused-ring (bicyclic) bond motifs is 8. The highest BCUT2D eigenvalue weighted by atomic mass is 32.2. The molecule has 0 radical (unpaired) electrons. The van der Waals surface area contributed by atoms with E-state index in [-0.39, 0.29) is 21.7 Å². The molecule has 0 saturated carbocycles. The van der Waals surface area contributed by atoms with Gasteiger partial charge in [-0.1, -0.05) is 296 Å². The van der Waals surface area contributed by atoms with Gasteiger partial charge in [0.05, 0.1) is 28.3 Å². The first-order valence-electron chi connectivity index (χ1n) is 36.7. The molecule has 522 valence electrons. The Morgan fingerprint density at radius 2 is 0.664 bits per heavy atom. The van der Waals surface area contributed by atoms with E-state index in [0.29, 0.717) is 49.7 Å². The summed E-state index contributed by atoms with van der Waals surface area (Å²) in [5.41, 5.74) is 17.6. The smallest absolute Gasteiger partial charge is 0.311 e. The predicted molar refractivity (Wildman–Crippen MR) is 446 cm³/mol. The van der Waals surface area contributed by atoms with Crippen LogP contribution in [0, 0.1) is 11.6 Å². The number of benzene rings is 16. The van der Waals surface area contributed by atoms with E-state index in [1.807, 2.05) is 243 Å². The predicted octanol–water partition coefficient (Wildman–Crippen LogP) is 23.4. The molecule has 0 atom stereocenters. The number of hydrogen-bond donors (Lipinski definition) is 0. The molecule has 0 saturated heterocycles. The Kier molecular flexibility index (Phi) is 16.1. The van der Waals surface area contributed by atoms with Crippen molar-refractivity contribution in [1.29, 1.82) is 0 Å². The highest BCUT2D eigenvalue weighted by molar-refractivity contribution is 8.00. The monoisotopic (exact) mass is 1450 g/mol. The third-order valence-corrected chi connectivity index (χ3v) is 23.0. The number of hydrogen-bond acceptors (Lipinski definition) is 6. The molecule has 13 heteroatoms. The molecule has 0 fully saturated rings. The Bertz CT molecular complexity index is 6070. The van der Waals surface area contributed by atoms with Crippen molar-refractivity contribution < 1.29 is 22.0 Å². The normalized spacial score (nSPS) is 12.8. The number of nitrogens with zero attached hydrogens (tertiary/aromatic N) is 5. The molecule has 16 aromatic carbocycles. The first kappa shape index (κ1) is 66.1. The first-order valence-corrected chi connectivity index (χ1v) is 37.6. The molecular formula is C97H62B2F5N5S. The van der Waals surface area contributed by atoms with Crippen LogP contribution >= 0.6 is 11.8 Å². The van der Waals surface area contributed by atoms with Crippen LogP contribution in [0.4, 0.5) is 107 Å². The largest absolute Gasteiger partial charge is 0.419 e. The van der Waals surface area contributed by atoms with Crippen molar-refractivity contribution in [3.63, 3.8) is 0 Å². The van der Waals surface area contributed by atoms with Gasteiger partial charge in [-0.2, -0.15) is 13.2 Å². The molecule has 0 amide bonds. The van der Waals surface area contributed by atoms with Gasteiger partial charge in [0, 0.05) is 88.9 Å². The van der Waals surface area contributed by atoms with Crippen molar-refractivity contribution >= 4 is 143 Å². The third kappa shape index (κ3) is 10.8. The van der Waals surface area contributed by atoms with Gasteiger partial charge in [-0.25, -0.2) is 8.78 Å². The second-order valence-electron chi connectivity index (χ2n) is 27.9. The molecule has 0 aliphatic carbocycles. The van der Waals surface area contributed by atoms with E-state index < -0.39 is 42.5 Å². The van der Waals surface area contributed by atoms with Gasteiger partial charge in [-0.05, 0) is 147 Å². The highest BCUT2D eigenvalue weighted by Gasteiger charge is 2.54. The maximum atomic E-state index is 18.7. The van der Waals surface area contributed by atoms with Crippen molar-refractivity contribution in [3.05, 3.63) is 393 Å². The van der Waals surface area contributed by atoms with Gasteiger partial charge >= 0.3 is 6.18 Å². The minimum Gasteiger partial charge on any atom is -0.311 e. The summed E-state index contributed by atoms with van der Waals surface area (Å²) in [5, 5.41) is 0. The number of para-hydroxylation sites is 9. The van der Waals surface area contributed by atoms with Gasteiger partial charge in [-0.3, -0.25) is 0 Å². The highest BCUT2D eigenvalue weighted by Crippen LogP contribution is 2.58. The van der Waals surface area contributed by atoms with Gasteiger partial charge in [-0.15, -0.1) is 0 Å². The fraction of sp³-hybridized carbons (Fsp3) is 0.0103. The first-order chi connectivity index (χ1) is 54.1. The third-order valence-electron chi connectivity index (χ3n) is 21.7. The molecule has 5 nitrogen and oxygen atoms in total.